The van der Waals surface area contributed by atoms with Gasteiger partial charge in [0.15, 0.2) is 5.65 Å². The smallest absolute Gasteiger partial charge is 0.253 e. The largest absolute Gasteiger partial charge is 0.352 e. The van der Waals surface area contributed by atoms with E-state index in [2.05, 4.69) is 28.3 Å². The Balaban J connectivity index is 2.13. The molecular weight excluding hydrogens is 302 g/mol. The van der Waals surface area contributed by atoms with E-state index in [4.69, 9.17) is 4.98 Å². The van der Waals surface area contributed by atoms with Gasteiger partial charge in [0.2, 0.25) is 0 Å². The Bertz CT molecular complexity index is 884. The molecule has 0 bridgehead atoms. The summed E-state index contributed by atoms with van der Waals surface area (Å²) in [5.74, 6) is 0.571. The van der Waals surface area contributed by atoms with E-state index >= 15 is 0 Å². The van der Waals surface area contributed by atoms with Crippen LogP contribution in [0.25, 0.3) is 22.6 Å². The molecule has 1 N–H and O–H groups in total. The van der Waals surface area contributed by atoms with E-state index in [1.54, 1.807) is 12.4 Å². The van der Waals surface area contributed by atoms with Crippen molar-refractivity contribution >= 4 is 17.1 Å². The Kier molecular flexibility index (Phi) is 4.55. The normalized spacial score (nSPS) is 11.0. The first kappa shape index (κ1) is 16.1. The van der Waals surface area contributed by atoms with Crippen molar-refractivity contribution in [3.8, 4) is 11.4 Å². The van der Waals surface area contributed by atoms with Gasteiger partial charge in [-0.2, -0.15) is 0 Å². The lowest BCUT2D eigenvalue weighted by atomic mass is 10.1. The third-order valence-corrected chi connectivity index (χ3v) is 3.95. The van der Waals surface area contributed by atoms with Crippen LogP contribution in [0.3, 0.4) is 0 Å². The van der Waals surface area contributed by atoms with Crippen LogP contribution in [0.2, 0.25) is 0 Å². The zero-order valence-electron chi connectivity index (χ0n) is 14.2. The van der Waals surface area contributed by atoms with Crippen LogP contribution in [0.5, 0.6) is 0 Å². The molecule has 0 unspecified atom stereocenters. The topological polar surface area (TPSA) is 72.7 Å². The first-order valence-corrected chi connectivity index (χ1v) is 8.19. The quantitative estimate of drug-likeness (QED) is 0.783. The van der Waals surface area contributed by atoms with Crippen molar-refractivity contribution < 1.29 is 4.79 Å². The standard InChI is InChI=1S/C18H21N5O/c1-4-6-12-9-15-17(21-10-12)23(3)16(22-15)13-7-8-19-11-14(13)18(24)20-5-2/h7-11H,4-6H2,1-3H3,(H,20,24). The first-order chi connectivity index (χ1) is 11.7. The third-order valence-electron chi connectivity index (χ3n) is 3.95. The predicted molar refractivity (Wildman–Crippen MR) is 93.7 cm³/mol. The van der Waals surface area contributed by atoms with Gasteiger partial charge in [0.25, 0.3) is 5.91 Å². The highest BCUT2D eigenvalue weighted by Crippen LogP contribution is 2.25. The van der Waals surface area contributed by atoms with Crippen molar-refractivity contribution in [3.05, 3.63) is 41.9 Å². The average Bonchev–Trinajstić information content (AvgIpc) is 2.92. The first-order valence-electron chi connectivity index (χ1n) is 8.19. The summed E-state index contributed by atoms with van der Waals surface area (Å²) in [6.07, 6.45) is 7.20. The Morgan fingerprint density at radius 2 is 2.12 bits per heavy atom. The minimum absolute atomic E-state index is 0.146. The summed E-state index contributed by atoms with van der Waals surface area (Å²) in [5.41, 5.74) is 4.11. The van der Waals surface area contributed by atoms with Crippen molar-refractivity contribution in [1.82, 2.24) is 24.8 Å². The van der Waals surface area contributed by atoms with Gasteiger partial charge in [-0.1, -0.05) is 13.3 Å². The SMILES string of the molecule is CCCc1cnc2c(c1)nc(-c1ccncc1C(=O)NCC)n2C. The van der Waals surface area contributed by atoms with Crippen molar-refractivity contribution in [2.24, 2.45) is 7.05 Å². The van der Waals surface area contributed by atoms with Crippen molar-refractivity contribution in [1.29, 1.82) is 0 Å². The van der Waals surface area contributed by atoms with Crippen LogP contribution >= 0.6 is 0 Å². The molecule has 0 aliphatic heterocycles. The van der Waals surface area contributed by atoms with Gasteiger partial charge in [0.05, 0.1) is 5.56 Å². The Morgan fingerprint density at radius 3 is 2.88 bits per heavy atom. The lowest BCUT2D eigenvalue weighted by Crippen LogP contribution is -2.23. The van der Waals surface area contributed by atoms with E-state index in [9.17, 15) is 4.79 Å². The highest BCUT2D eigenvalue weighted by atomic mass is 16.1. The second kappa shape index (κ2) is 6.78. The molecule has 0 fully saturated rings. The molecule has 0 saturated carbocycles. The Labute approximate surface area is 141 Å². The summed E-state index contributed by atoms with van der Waals surface area (Å²) in [6.45, 7) is 4.60. The van der Waals surface area contributed by atoms with Crippen molar-refractivity contribution in [3.63, 3.8) is 0 Å². The number of nitrogens with zero attached hydrogens (tertiary/aromatic N) is 4. The highest BCUT2D eigenvalue weighted by molar-refractivity contribution is 6.00. The van der Waals surface area contributed by atoms with E-state index in [0.29, 0.717) is 12.1 Å². The Morgan fingerprint density at radius 1 is 1.29 bits per heavy atom. The maximum absolute atomic E-state index is 12.3. The van der Waals surface area contributed by atoms with Crippen LogP contribution in [0.4, 0.5) is 0 Å². The van der Waals surface area contributed by atoms with Crippen LogP contribution in [-0.2, 0) is 13.5 Å². The summed E-state index contributed by atoms with van der Waals surface area (Å²) in [7, 11) is 1.92. The number of carbonyl (C=O) groups is 1. The number of imidazole rings is 1. The third kappa shape index (κ3) is 2.87. The van der Waals surface area contributed by atoms with E-state index in [1.807, 2.05) is 30.8 Å². The minimum Gasteiger partial charge on any atom is -0.352 e. The molecule has 6 heteroatoms. The van der Waals surface area contributed by atoms with Crippen LogP contribution < -0.4 is 5.32 Å². The second-order valence-corrected chi connectivity index (χ2v) is 5.71. The minimum atomic E-state index is -0.146. The van der Waals surface area contributed by atoms with Crippen LogP contribution in [-0.4, -0.2) is 32.0 Å². The summed E-state index contributed by atoms with van der Waals surface area (Å²) in [4.78, 5) is 25.6. The molecule has 0 radical (unpaired) electrons. The molecular formula is C18H21N5O. The number of carbonyl (C=O) groups excluding carboxylic acids is 1. The molecule has 124 valence electrons. The fourth-order valence-electron chi connectivity index (χ4n) is 2.81. The van der Waals surface area contributed by atoms with E-state index in [1.165, 1.54) is 5.56 Å². The van der Waals surface area contributed by atoms with Crippen molar-refractivity contribution in [2.45, 2.75) is 26.7 Å². The monoisotopic (exact) mass is 323 g/mol. The molecule has 3 aromatic rings. The Hall–Kier alpha value is -2.76. The molecule has 0 aliphatic rings. The van der Waals surface area contributed by atoms with Gasteiger partial charge >= 0.3 is 0 Å². The van der Waals surface area contributed by atoms with Gasteiger partial charge in [0.1, 0.15) is 11.3 Å². The fourth-order valence-corrected chi connectivity index (χ4v) is 2.81. The number of rotatable bonds is 5. The summed E-state index contributed by atoms with van der Waals surface area (Å²) in [5, 5.41) is 2.82. The summed E-state index contributed by atoms with van der Waals surface area (Å²) >= 11 is 0. The maximum Gasteiger partial charge on any atom is 0.253 e. The number of aromatic nitrogens is 4. The lowest BCUT2D eigenvalue weighted by molar-refractivity contribution is 0.0956. The van der Waals surface area contributed by atoms with E-state index < -0.39 is 0 Å². The lowest BCUT2D eigenvalue weighted by Gasteiger charge is -2.08. The number of fused-ring (bicyclic) bond motifs is 1. The number of amides is 1. The number of aryl methyl sites for hydroxylation is 2. The van der Waals surface area contributed by atoms with Crippen molar-refractivity contribution in [2.75, 3.05) is 6.54 Å². The molecule has 1 amide bonds. The molecule has 0 atom stereocenters. The number of hydrogen-bond donors (Lipinski definition) is 1. The molecule has 3 rings (SSSR count). The average molecular weight is 323 g/mol. The van der Waals surface area contributed by atoms with E-state index in [-0.39, 0.29) is 5.91 Å². The number of nitrogens with one attached hydrogen (secondary N) is 1. The number of hydrogen-bond acceptors (Lipinski definition) is 4. The van der Waals surface area contributed by atoms with Gasteiger partial charge in [-0.05, 0) is 31.0 Å². The maximum atomic E-state index is 12.3. The molecule has 0 spiro atoms. The zero-order chi connectivity index (χ0) is 17.1. The summed E-state index contributed by atoms with van der Waals surface area (Å²) < 4.78 is 1.92. The molecule has 3 heterocycles. The van der Waals surface area contributed by atoms with Gasteiger partial charge in [-0.15, -0.1) is 0 Å². The van der Waals surface area contributed by atoms with Crippen LogP contribution in [0, 0.1) is 0 Å². The molecule has 0 aromatic carbocycles. The van der Waals surface area contributed by atoms with Crippen LogP contribution in [0.1, 0.15) is 36.2 Å². The highest BCUT2D eigenvalue weighted by Gasteiger charge is 2.18. The number of pyridine rings is 2. The molecule has 3 aromatic heterocycles. The predicted octanol–water partition coefficient (Wildman–Crippen LogP) is 2.73. The fraction of sp³-hybridized carbons (Fsp3) is 0.333. The molecule has 6 nitrogen and oxygen atoms in total. The van der Waals surface area contributed by atoms with E-state index in [0.717, 1.165) is 35.4 Å². The van der Waals surface area contributed by atoms with Gasteiger partial charge in [-0.3, -0.25) is 9.78 Å². The van der Waals surface area contributed by atoms with Gasteiger partial charge in [0, 0.05) is 37.7 Å². The second-order valence-electron chi connectivity index (χ2n) is 5.71. The van der Waals surface area contributed by atoms with Gasteiger partial charge < -0.3 is 9.88 Å². The molecule has 0 saturated heterocycles. The summed E-state index contributed by atoms with van der Waals surface area (Å²) in [6, 6.07) is 3.89. The molecule has 0 aliphatic carbocycles. The van der Waals surface area contributed by atoms with Crippen LogP contribution in [0.15, 0.2) is 30.7 Å². The molecule has 24 heavy (non-hydrogen) atoms. The zero-order valence-corrected chi connectivity index (χ0v) is 14.2. The van der Waals surface area contributed by atoms with Gasteiger partial charge in [-0.25, -0.2) is 9.97 Å².